The number of rotatable bonds is 7. The van der Waals surface area contributed by atoms with Crippen LogP contribution in [0.3, 0.4) is 0 Å². The summed E-state index contributed by atoms with van der Waals surface area (Å²) in [4.78, 5) is 13.4. The van der Waals surface area contributed by atoms with E-state index in [-0.39, 0.29) is 5.91 Å². The monoisotopic (exact) mass is 394 g/mol. The molecule has 0 saturated heterocycles. The second kappa shape index (κ2) is 9.31. The first-order valence-corrected chi connectivity index (χ1v) is 9.76. The van der Waals surface area contributed by atoms with Gasteiger partial charge < -0.3 is 0 Å². The normalized spacial score (nSPS) is 10.3. The Morgan fingerprint density at radius 2 is 1.52 bits per heavy atom. The van der Waals surface area contributed by atoms with Crippen molar-refractivity contribution in [2.75, 3.05) is 0 Å². The molecule has 0 aliphatic carbocycles. The highest BCUT2D eigenvalue weighted by atomic mass is 35.5. The molecule has 27 heavy (non-hydrogen) atoms. The molecule has 2 N–H and O–H groups in total. The van der Waals surface area contributed by atoms with Crippen LogP contribution in [-0.2, 0) is 5.75 Å². The summed E-state index contributed by atoms with van der Waals surface area (Å²) in [5, 5.41) is 0.735. The number of nitrogens with one attached hydrogen (secondary N) is 2. The van der Waals surface area contributed by atoms with Gasteiger partial charge in [0, 0.05) is 21.2 Å². The van der Waals surface area contributed by atoms with Gasteiger partial charge in [-0.2, -0.15) is 0 Å². The fourth-order valence-electron chi connectivity index (χ4n) is 2.37. The van der Waals surface area contributed by atoms with E-state index in [0.29, 0.717) is 11.3 Å². The van der Waals surface area contributed by atoms with Crippen LogP contribution in [0.1, 0.15) is 21.5 Å². The van der Waals surface area contributed by atoms with Crippen LogP contribution in [-0.4, -0.2) is 5.91 Å². The molecule has 0 unspecified atom stereocenters. The lowest BCUT2D eigenvalue weighted by Crippen LogP contribution is -2.35. The quantitative estimate of drug-likeness (QED) is 0.408. The highest BCUT2D eigenvalue weighted by molar-refractivity contribution is 7.98. The van der Waals surface area contributed by atoms with Crippen molar-refractivity contribution in [3.05, 3.63) is 107 Å². The van der Waals surface area contributed by atoms with Crippen LogP contribution in [0.5, 0.6) is 0 Å². The van der Waals surface area contributed by atoms with Crippen molar-refractivity contribution in [1.82, 2.24) is 10.9 Å². The number of amides is 1. The van der Waals surface area contributed by atoms with Gasteiger partial charge in [0.2, 0.25) is 0 Å². The van der Waals surface area contributed by atoms with Gasteiger partial charge in [-0.1, -0.05) is 60.6 Å². The van der Waals surface area contributed by atoms with E-state index in [9.17, 15) is 4.79 Å². The zero-order valence-corrected chi connectivity index (χ0v) is 16.2. The first-order valence-electron chi connectivity index (χ1n) is 8.40. The average Bonchev–Trinajstić information content (AvgIpc) is 2.72. The summed E-state index contributed by atoms with van der Waals surface area (Å²) in [5.74, 6) is 0.621. The van der Waals surface area contributed by atoms with E-state index in [1.807, 2.05) is 78.9 Å². The third-order valence-electron chi connectivity index (χ3n) is 3.88. The molecule has 3 aromatic rings. The summed E-state index contributed by atoms with van der Waals surface area (Å²) < 4.78 is 0. The summed E-state index contributed by atoms with van der Waals surface area (Å²) >= 11 is 7.62. The molecule has 0 radical (unpaired) electrons. The van der Waals surface area contributed by atoms with E-state index in [2.05, 4.69) is 17.4 Å². The maximum atomic E-state index is 12.3. The smallest absolute Gasteiger partial charge is 0.269 e. The molecule has 1 amide bonds. The lowest BCUT2D eigenvalue weighted by atomic mass is 10.1. The summed E-state index contributed by atoms with van der Waals surface area (Å²) in [6.07, 6.45) is 0. The SMILES string of the molecule is C=C(NNC(=O)c1ccc(CSc2ccc(Cl)cc2)cc1)c1ccccc1. The molecule has 3 nitrogen and oxygen atoms in total. The van der Waals surface area contributed by atoms with E-state index >= 15 is 0 Å². The number of carbonyl (C=O) groups excluding carboxylic acids is 1. The Morgan fingerprint density at radius 1 is 0.852 bits per heavy atom. The van der Waals surface area contributed by atoms with Crippen LogP contribution in [0.4, 0.5) is 0 Å². The minimum absolute atomic E-state index is 0.205. The number of benzene rings is 3. The van der Waals surface area contributed by atoms with Gasteiger partial charge in [-0.05, 0) is 47.5 Å². The Bertz CT molecular complexity index is 909. The molecule has 3 aromatic carbocycles. The van der Waals surface area contributed by atoms with E-state index in [4.69, 9.17) is 11.6 Å². The number of hydrazine groups is 1. The maximum absolute atomic E-state index is 12.3. The molecule has 0 bridgehead atoms. The van der Waals surface area contributed by atoms with Crippen molar-refractivity contribution in [1.29, 1.82) is 0 Å². The van der Waals surface area contributed by atoms with Crippen LogP contribution in [0.25, 0.3) is 5.70 Å². The zero-order chi connectivity index (χ0) is 19.1. The standard InChI is InChI=1S/C22H19ClN2OS/c1-16(18-5-3-2-4-6-18)24-25-22(26)19-9-7-17(8-10-19)15-27-21-13-11-20(23)12-14-21/h2-14,24H,1,15H2,(H,25,26). The van der Waals surface area contributed by atoms with Gasteiger partial charge in [0.05, 0.1) is 5.70 Å². The molecule has 0 atom stereocenters. The van der Waals surface area contributed by atoms with Crippen molar-refractivity contribution in [3.8, 4) is 0 Å². The maximum Gasteiger partial charge on any atom is 0.269 e. The largest absolute Gasteiger partial charge is 0.298 e. The predicted octanol–water partition coefficient (Wildman–Crippen LogP) is 5.54. The van der Waals surface area contributed by atoms with Gasteiger partial charge >= 0.3 is 0 Å². The summed E-state index contributed by atoms with van der Waals surface area (Å²) in [6.45, 7) is 3.93. The Morgan fingerprint density at radius 3 is 2.19 bits per heavy atom. The highest BCUT2D eigenvalue weighted by Crippen LogP contribution is 2.24. The highest BCUT2D eigenvalue weighted by Gasteiger charge is 2.06. The summed E-state index contributed by atoms with van der Waals surface area (Å²) in [6, 6.07) is 25.0. The number of thioether (sulfide) groups is 1. The molecule has 0 aliphatic heterocycles. The number of hydrogen-bond acceptors (Lipinski definition) is 3. The van der Waals surface area contributed by atoms with Crippen LogP contribution >= 0.6 is 23.4 Å². The minimum Gasteiger partial charge on any atom is -0.298 e. The number of carbonyl (C=O) groups is 1. The predicted molar refractivity (Wildman–Crippen MR) is 114 cm³/mol. The molecule has 0 spiro atoms. The van der Waals surface area contributed by atoms with Gasteiger partial charge in [0.25, 0.3) is 5.91 Å². The fraction of sp³-hybridized carbons (Fsp3) is 0.0455. The van der Waals surface area contributed by atoms with Crippen LogP contribution in [0.15, 0.2) is 90.3 Å². The zero-order valence-electron chi connectivity index (χ0n) is 14.6. The molecule has 0 fully saturated rings. The van der Waals surface area contributed by atoms with Crippen molar-refractivity contribution in [2.24, 2.45) is 0 Å². The Hall–Kier alpha value is -2.69. The van der Waals surface area contributed by atoms with Crippen LogP contribution < -0.4 is 10.9 Å². The molecule has 5 heteroatoms. The molecule has 0 heterocycles. The second-order valence-electron chi connectivity index (χ2n) is 5.86. The summed E-state index contributed by atoms with van der Waals surface area (Å²) in [5.41, 5.74) is 8.82. The van der Waals surface area contributed by atoms with Gasteiger partial charge in [0.1, 0.15) is 0 Å². The van der Waals surface area contributed by atoms with E-state index in [0.717, 1.165) is 26.8 Å². The van der Waals surface area contributed by atoms with Gasteiger partial charge in [-0.25, -0.2) is 0 Å². The number of hydrogen-bond donors (Lipinski definition) is 2. The first kappa shape index (κ1) is 19.1. The summed E-state index contributed by atoms with van der Waals surface area (Å²) in [7, 11) is 0. The van der Waals surface area contributed by atoms with E-state index in [1.165, 1.54) is 0 Å². The third kappa shape index (κ3) is 5.64. The van der Waals surface area contributed by atoms with Crippen LogP contribution in [0.2, 0.25) is 5.02 Å². The molecule has 3 rings (SSSR count). The van der Waals surface area contributed by atoms with E-state index in [1.54, 1.807) is 11.8 Å². The molecule has 0 saturated carbocycles. The van der Waals surface area contributed by atoms with Crippen molar-refractivity contribution in [2.45, 2.75) is 10.6 Å². The van der Waals surface area contributed by atoms with Gasteiger partial charge in [0.15, 0.2) is 0 Å². The molecule has 136 valence electrons. The minimum atomic E-state index is -0.205. The second-order valence-corrected chi connectivity index (χ2v) is 7.35. The van der Waals surface area contributed by atoms with Crippen molar-refractivity contribution in [3.63, 3.8) is 0 Å². The Kier molecular flexibility index (Phi) is 6.58. The van der Waals surface area contributed by atoms with Crippen molar-refractivity contribution < 1.29 is 4.79 Å². The Balaban J connectivity index is 1.51. The molecule has 0 aliphatic rings. The lowest BCUT2D eigenvalue weighted by molar-refractivity contribution is 0.0942. The average molecular weight is 395 g/mol. The van der Waals surface area contributed by atoms with E-state index < -0.39 is 0 Å². The van der Waals surface area contributed by atoms with Gasteiger partial charge in [-0.15, -0.1) is 11.8 Å². The molecular formula is C22H19ClN2OS. The Labute approximate surface area is 168 Å². The van der Waals surface area contributed by atoms with Gasteiger partial charge in [-0.3, -0.25) is 15.6 Å². The number of halogens is 1. The molecular weight excluding hydrogens is 376 g/mol. The molecule has 0 aromatic heterocycles. The fourth-order valence-corrected chi connectivity index (χ4v) is 3.35. The lowest BCUT2D eigenvalue weighted by Gasteiger charge is -2.11. The first-order chi connectivity index (χ1) is 13.1. The topological polar surface area (TPSA) is 41.1 Å². The van der Waals surface area contributed by atoms with Crippen molar-refractivity contribution >= 4 is 35.0 Å². The van der Waals surface area contributed by atoms with Crippen LogP contribution in [0, 0.1) is 0 Å². The third-order valence-corrected chi connectivity index (χ3v) is 5.22.